The Hall–Kier alpha value is -0.670. The number of ether oxygens (including phenoxy) is 1. The maximum absolute atomic E-state index is 5.27. The van der Waals surface area contributed by atoms with Gasteiger partial charge in [0.05, 0.1) is 12.6 Å². The Bertz CT molecular complexity index is 328. The number of nitrogens with one attached hydrogen (secondary N) is 1. The maximum atomic E-state index is 5.27. The molecule has 1 N–H and O–H groups in total. The van der Waals surface area contributed by atoms with Crippen LogP contribution >= 0.6 is 11.8 Å². The van der Waals surface area contributed by atoms with Gasteiger partial charge in [0, 0.05) is 17.7 Å². The molecule has 1 rings (SSSR count). The molecule has 2 nitrogen and oxygen atoms in total. The summed E-state index contributed by atoms with van der Waals surface area (Å²) < 4.78 is 5.27. The predicted octanol–water partition coefficient (Wildman–Crippen LogP) is 3.88. The average Bonchev–Trinajstić information content (AvgIpc) is 2.31. The Morgan fingerprint density at radius 1 is 1.29 bits per heavy atom. The molecule has 17 heavy (non-hydrogen) atoms. The average molecular weight is 253 g/mol. The van der Waals surface area contributed by atoms with Gasteiger partial charge in [-0.05, 0) is 23.8 Å². The number of methoxy groups -OCH3 is 1. The van der Waals surface area contributed by atoms with Crippen molar-refractivity contribution < 1.29 is 4.74 Å². The quantitative estimate of drug-likeness (QED) is 0.745. The van der Waals surface area contributed by atoms with E-state index >= 15 is 0 Å². The molecule has 0 amide bonds. The van der Waals surface area contributed by atoms with E-state index in [0.29, 0.717) is 12.0 Å². The van der Waals surface area contributed by atoms with E-state index in [1.54, 1.807) is 7.11 Å². The second kappa shape index (κ2) is 7.62. The summed E-state index contributed by atoms with van der Waals surface area (Å²) in [6, 6.07) is 8.83. The van der Waals surface area contributed by atoms with Crippen molar-refractivity contribution in [2.75, 3.05) is 24.8 Å². The van der Waals surface area contributed by atoms with Gasteiger partial charge in [-0.15, -0.1) is 11.8 Å². The number of hydrogen-bond acceptors (Lipinski definition) is 3. The molecule has 1 unspecified atom stereocenters. The van der Waals surface area contributed by atoms with E-state index in [4.69, 9.17) is 4.74 Å². The number of para-hydroxylation sites is 1. The molecule has 1 aromatic rings. The van der Waals surface area contributed by atoms with Crippen LogP contribution in [0.4, 0.5) is 5.69 Å². The molecule has 96 valence electrons. The molecule has 0 saturated carbocycles. The van der Waals surface area contributed by atoms with Gasteiger partial charge in [-0.3, -0.25) is 0 Å². The Morgan fingerprint density at radius 3 is 2.59 bits per heavy atom. The van der Waals surface area contributed by atoms with Crippen LogP contribution in [0.5, 0.6) is 0 Å². The van der Waals surface area contributed by atoms with Crippen LogP contribution in [0.2, 0.25) is 0 Å². The molecular formula is C14H23NOS. The minimum Gasteiger partial charge on any atom is -0.383 e. The summed E-state index contributed by atoms with van der Waals surface area (Å²) in [6.45, 7) is 7.35. The Labute approximate surface area is 109 Å². The normalized spacial score (nSPS) is 12.8. The highest BCUT2D eigenvalue weighted by Gasteiger charge is 2.14. The van der Waals surface area contributed by atoms with Crippen molar-refractivity contribution in [3.05, 3.63) is 24.3 Å². The Balaban J connectivity index is 2.77. The van der Waals surface area contributed by atoms with Crippen molar-refractivity contribution in [2.45, 2.75) is 31.7 Å². The molecule has 0 heterocycles. The molecule has 0 fully saturated rings. The molecule has 3 heteroatoms. The van der Waals surface area contributed by atoms with Crippen molar-refractivity contribution in [1.29, 1.82) is 0 Å². The summed E-state index contributed by atoms with van der Waals surface area (Å²) >= 11 is 1.87. The minimum absolute atomic E-state index is 0.360. The van der Waals surface area contributed by atoms with E-state index in [2.05, 4.69) is 50.4 Å². The molecule has 0 aromatic heterocycles. The molecule has 0 radical (unpaired) electrons. The molecule has 0 bridgehead atoms. The van der Waals surface area contributed by atoms with Crippen LogP contribution in [0.3, 0.4) is 0 Å². The molecule has 0 saturated heterocycles. The monoisotopic (exact) mass is 253 g/mol. The molecule has 1 atom stereocenters. The predicted molar refractivity (Wildman–Crippen MR) is 77.0 cm³/mol. The van der Waals surface area contributed by atoms with Gasteiger partial charge < -0.3 is 10.1 Å². The first-order valence-electron chi connectivity index (χ1n) is 6.16. The molecule has 0 spiro atoms. The zero-order valence-electron chi connectivity index (χ0n) is 11.2. The van der Waals surface area contributed by atoms with Crippen molar-refractivity contribution in [2.24, 2.45) is 5.92 Å². The standard InChI is InChI=1S/C14H23NOS/c1-5-17-14-9-7-6-8-12(14)15-13(10-16-4)11(2)3/h6-9,11,13,15H,5,10H2,1-4H3. The third-order valence-electron chi connectivity index (χ3n) is 2.68. The fourth-order valence-corrected chi connectivity index (χ4v) is 2.42. The summed E-state index contributed by atoms with van der Waals surface area (Å²) in [5.41, 5.74) is 1.22. The fourth-order valence-electron chi connectivity index (χ4n) is 1.65. The lowest BCUT2D eigenvalue weighted by atomic mass is 10.1. The van der Waals surface area contributed by atoms with Crippen molar-refractivity contribution >= 4 is 17.4 Å². The van der Waals surface area contributed by atoms with Gasteiger partial charge >= 0.3 is 0 Å². The largest absolute Gasteiger partial charge is 0.383 e. The number of rotatable bonds is 7. The van der Waals surface area contributed by atoms with Gasteiger partial charge in [-0.1, -0.05) is 32.9 Å². The molecule has 0 aliphatic heterocycles. The van der Waals surface area contributed by atoms with Crippen LogP contribution in [0.25, 0.3) is 0 Å². The summed E-state index contributed by atoms with van der Waals surface area (Å²) in [5.74, 6) is 1.64. The van der Waals surface area contributed by atoms with Crippen LogP contribution in [-0.2, 0) is 4.74 Å². The van der Waals surface area contributed by atoms with Crippen LogP contribution < -0.4 is 5.32 Å². The van der Waals surface area contributed by atoms with Crippen molar-refractivity contribution in [3.63, 3.8) is 0 Å². The summed E-state index contributed by atoms with van der Waals surface area (Å²) in [4.78, 5) is 1.32. The lowest BCUT2D eigenvalue weighted by Crippen LogP contribution is -2.30. The molecule has 0 aliphatic rings. The van der Waals surface area contributed by atoms with E-state index in [0.717, 1.165) is 12.4 Å². The van der Waals surface area contributed by atoms with E-state index in [1.807, 2.05) is 11.8 Å². The third kappa shape index (κ3) is 4.60. The van der Waals surface area contributed by atoms with Crippen LogP contribution in [0.15, 0.2) is 29.2 Å². The first-order chi connectivity index (χ1) is 8.19. The van der Waals surface area contributed by atoms with Crippen LogP contribution in [0, 0.1) is 5.92 Å². The number of benzene rings is 1. The van der Waals surface area contributed by atoms with Gasteiger partial charge in [0.25, 0.3) is 0 Å². The third-order valence-corrected chi connectivity index (χ3v) is 3.63. The van der Waals surface area contributed by atoms with E-state index < -0.39 is 0 Å². The summed E-state index contributed by atoms with van der Waals surface area (Å²) in [7, 11) is 1.75. The summed E-state index contributed by atoms with van der Waals surface area (Å²) in [6.07, 6.45) is 0. The summed E-state index contributed by atoms with van der Waals surface area (Å²) in [5, 5.41) is 3.59. The molecular weight excluding hydrogens is 230 g/mol. The fraction of sp³-hybridized carbons (Fsp3) is 0.571. The molecule has 1 aromatic carbocycles. The van der Waals surface area contributed by atoms with Crippen molar-refractivity contribution in [1.82, 2.24) is 0 Å². The maximum Gasteiger partial charge on any atom is 0.0666 e. The second-order valence-corrected chi connectivity index (χ2v) is 5.69. The highest BCUT2D eigenvalue weighted by atomic mass is 32.2. The second-order valence-electron chi connectivity index (χ2n) is 4.38. The van der Waals surface area contributed by atoms with Gasteiger partial charge in [-0.25, -0.2) is 0 Å². The zero-order valence-corrected chi connectivity index (χ0v) is 12.0. The lowest BCUT2D eigenvalue weighted by molar-refractivity contribution is 0.171. The highest BCUT2D eigenvalue weighted by Crippen LogP contribution is 2.27. The van der Waals surface area contributed by atoms with Crippen molar-refractivity contribution in [3.8, 4) is 0 Å². The van der Waals surface area contributed by atoms with E-state index in [1.165, 1.54) is 10.6 Å². The SMILES string of the molecule is CCSc1ccccc1NC(COC)C(C)C. The number of anilines is 1. The number of thioether (sulfide) groups is 1. The van der Waals surface area contributed by atoms with Crippen LogP contribution in [0.1, 0.15) is 20.8 Å². The topological polar surface area (TPSA) is 21.3 Å². The Morgan fingerprint density at radius 2 is 2.00 bits per heavy atom. The first-order valence-corrected chi connectivity index (χ1v) is 7.14. The van der Waals surface area contributed by atoms with Gasteiger partial charge in [-0.2, -0.15) is 0 Å². The zero-order chi connectivity index (χ0) is 12.7. The van der Waals surface area contributed by atoms with Gasteiger partial charge in [0.15, 0.2) is 0 Å². The smallest absolute Gasteiger partial charge is 0.0666 e. The Kier molecular flexibility index (Phi) is 6.45. The van der Waals surface area contributed by atoms with Gasteiger partial charge in [0.2, 0.25) is 0 Å². The lowest BCUT2D eigenvalue weighted by Gasteiger charge is -2.24. The number of hydrogen-bond donors (Lipinski definition) is 1. The van der Waals surface area contributed by atoms with Gasteiger partial charge in [0.1, 0.15) is 0 Å². The minimum atomic E-state index is 0.360. The molecule has 0 aliphatic carbocycles. The van der Waals surface area contributed by atoms with E-state index in [-0.39, 0.29) is 0 Å². The van der Waals surface area contributed by atoms with E-state index in [9.17, 15) is 0 Å². The van der Waals surface area contributed by atoms with Crippen LogP contribution in [-0.4, -0.2) is 25.5 Å². The highest BCUT2D eigenvalue weighted by molar-refractivity contribution is 7.99. The first kappa shape index (κ1) is 14.4.